The highest BCUT2D eigenvalue weighted by molar-refractivity contribution is 9.10. The molecule has 0 aromatic heterocycles. The van der Waals surface area contributed by atoms with Gasteiger partial charge in [-0.2, -0.15) is 5.26 Å². The van der Waals surface area contributed by atoms with Crippen LogP contribution >= 0.6 is 15.9 Å². The summed E-state index contributed by atoms with van der Waals surface area (Å²) >= 11 is 3.32. The molecule has 0 spiro atoms. The fraction of sp³-hybridized carbons (Fsp3) is 0.182. The Labute approximate surface area is 187 Å². The van der Waals surface area contributed by atoms with E-state index in [-0.39, 0.29) is 18.8 Å². The van der Waals surface area contributed by atoms with Crippen molar-refractivity contribution in [2.75, 3.05) is 25.6 Å². The molecule has 1 N–H and O–H groups in total. The van der Waals surface area contributed by atoms with Crippen LogP contribution in [0.1, 0.15) is 22.8 Å². The number of benzene rings is 2. The summed E-state index contributed by atoms with van der Waals surface area (Å²) in [5.74, 6) is -1.38. The number of amides is 1. The lowest BCUT2D eigenvalue weighted by Crippen LogP contribution is -2.14. The second kappa shape index (κ2) is 11.5. The second-order valence-electron chi connectivity index (χ2n) is 5.97. The summed E-state index contributed by atoms with van der Waals surface area (Å²) in [6, 6.07) is 12.9. The molecule has 0 unspecified atom stereocenters. The van der Waals surface area contributed by atoms with Crippen molar-refractivity contribution in [1.29, 1.82) is 5.26 Å². The molecule has 2 aromatic carbocycles. The summed E-state index contributed by atoms with van der Waals surface area (Å²) in [5.41, 5.74) is 0.978. The van der Waals surface area contributed by atoms with Crippen LogP contribution in [0.15, 0.2) is 52.5 Å². The molecule has 0 aliphatic heterocycles. The van der Waals surface area contributed by atoms with Gasteiger partial charge in [0.1, 0.15) is 17.4 Å². The SMILES string of the molecule is CCOC(=O)c1ccc(NC(=O)/C(C#N)=C/c2cc(Br)ccc2OCC(=O)OC)cc1. The Kier molecular flexibility index (Phi) is 8.78. The summed E-state index contributed by atoms with van der Waals surface area (Å²) in [6.07, 6.45) is 1.35. The predicted molar refractivity (Wildman–Crippen MR) is 116 cm³/mol. The Morgan fingerprint density at radius 3 is 2.48 bits per heavy atom. The van der Waals surface area contributed by atoms with Crippen molar-refractivity contribution in [1.82, 2.24) is 0 Å². The van der Waals surface area contributed by atoms with Crippen molar-refractivity contribution in [2.24, 2.45) is 0 Å². The number of anilines is 1. The van der Waals surface area contributed by atoms with E-state index in [9.17, 15) is 19.6 Å². The molecule has 2 rings (SSSR count). The standard InChI is InChI=1S/C22H19BrN2O6/c1-3-30-22(28)14-4-7-18(8-5-14)25-21(27)16(12-24)10-15-11-17(23)6-9-19(15)31-13-20(26)29-2/h4-11H,3,13H2,1-2H3,(H,25,27)/b16-10+. The average molecular weight is 487 g/mol. The number of carbonyl (C=O) groups excluding carboxylic acids is 3. The van der Waals surface area contributed by atoms with Crippen molar-refractivity contribution in [3.05, 3.63) is 63.6 Å². The first-order valence-electron chi connectivity index (χ1n) is 9.07. The molecular weight excluding hydrogens is 468 g/mol. The van der Waals surface area contributed by atoms with Gasteiger partial charge in [0.15, 0.2) is 6.61 Å². The van der Waals surface area contributed by atoms with Crippen molar-refractivity contribution < 1.29 is 28.6 Å². The third-order valence-corrected chi connectivity index (χ3v) is 4.36. The lowest BCUT2D eigenvalue weighted by molar-refractivity contribution is -0.142. The van der Waals surface area contributed by atoms with E-state index in [0.717, 1.165) is 0 Å². The molecule has 1 amide bonds. The first-order valence-corrected chi connectivity index (χ1v) is 9.86. The molecule has 0 fully saturated rings. The maximum absolute atomic E-state index is 12.6. The summed E-state index contributed by atoms with van der Waals surface area (Å²) in [5, 5.41) is 12.1. The number of halogens is 1. The summed E-state index contributed by atoms with van der Waals surface area (Å²) < 4.78 is 15.6. The zero-order valence-corrected chi connectivity index (χ0v) is 18.4. The van der Waals surface area contributed by atoms with Crippen LogP contribution in [-0.4, -0.2) is 38.2 Å². The highest BCUT2D eigenvalue weighted by Gasteiger charge is 2.13. The van der Waals surface area contributed by atoms with Gasteiger partial charge in [0.2, 0.25) is 0 Å². The van der Waals surface area contributed by atoms with Crippen LogP contribution in [-0.2, 0) is 19.1 Å². The Balaban J connectivity index is 2.20. The van der Waals surface area contributed by atoms with Crippen LogP contribution in [0.2, 0.25) is 0 Å². The van der Waals surface area contributed by atoms with Gasteiger partial charge in [0.25, 0.3) is 5.91 Å². The minimum absolute atomic E-state index is 0.185. The molecular formula is C22H19BrN2O6. The van der Waals surface area contributed by atoms with E-state index in [2.05, 4.69) is 26.0 Å². The van der Waals surface area contributed by atoms with E-state index in [1.54, 1.807) is 25.1 Å². The van der Waals surface area contributed by atoms with Gasteiger partial charge >= 0.3 is 11.9 Å². The van der Waals surface area contributed by atoms with Crippen LogP contribution < -0.4 is 10.1 Å². The average Bonchev–Trinajstić information content (AvgIpc) is 2.77. The number of methoxy groups -OCH3 is 1. The van der Waals surface area contributed by atoms with Gasteiger partial charge in [-0.3, -0.25) is 4.79 Å². The molecule has 8 nitrogen and oxygen atoms in total. The predicted octanol–water partition coefficient (Wildman–Crippen LogP) is 3.72. The highest BCUT2D eigenvalue weighted by atomic mass is 79.9. The van der Waals surface area contributed by atoms with Crippen LogP contribution in [0.25, 0.3) is 6.08 Å². The number of nitrogens with zero attached hydrogens (tertiary/aromatic N) is 1. The van der Waals surface area contributed by atoms with E-state index < -0.39 is 17.8 Å². The van der Waals surface area contributed by atoms with Gasteiger partial charge < -0.3 is 19.5 Å². The Hall–Kier alpha value is -3.64. The van der Waals surface area contributed by atoms with E-state index >= 15 is 0 Å². The summed E-state index contributed by atoms with van der Waals surface area (Å²) in [4.78, 5) is 35.6. The van der Waals surface area contributed by atoms with E-state index in [1.165, 1.54) is 37.5 Å². The van der Waals surface area contributed by atoms with Crippen molar-refractivity contribution in [2.45, 2.75) is 6.92 Å². The molecule has 0 radical (unpaired) electrons. The van der Waals surface area contributed by atoms with E-state index in [4.69, 9.17) is 9.47 Å². The van der Waals surface area contributed by atoms with Crippen molar-refractivity contribution in [3.8, 4) is 11.8 Å². The highest BCUT2D eigenvalue weighted by Crippen LogP contribution is 2.26. The summed E-state index contributed by atoms with van der Waals surface area (Å²) in [7, 11) is 1.24. The van der Waals surface area contributed by atoms with Crippen LogP contribution in [0.3, 0.4) is 0 Å². The lowest BCUT2D eigenvalue weighted by Gasteiger charge is -2.10. The van der Waals surface area contributed by atoms with Gasteiger partial charge in [0, 0.05) is 15.7 Å². The minimum atomic E-state index is -0.648. The quantitative estimate of drug-likeness (QED) is 0.343. The molecule has 0 atom stereocenters. The van der Waals surface area contributed by atoms with Crippen LogP contribution in [0.5, 0.6) is 5.75 Å². The number of hydrogen-bond acceptors (Lipinski definition) is 7. The van der Waals surface area contributed by atoms with Crippen LogP contribution in [0.4, 0.5) is 5.69 Å². The Morgan fingerprint density at radius 1 is 1.16 bits per heavy atom. The van der Waals surface area contributed by atoms with Crippen molar-refractivity contribution in [3.63, 3.8) is 0 Å². The third-order valence-electron chi connectivity index (χ3n) is 3.86. The van der Waals surface area contributed by atoms with Gasteiger partial charge in [-0.05, 0) is 55.5 Å². The second-order valence-corrected chi connectivity index (χ2v) is 6.88. The maximum atomic E-state index is 12.6. The van der Waals surface area contributed by atoms with Gasteiger partial charge in [0.05, 0.1) is 19.3 Å². The largest absolute Gasteiger partial charge is 0.481 e. The number of rotatable bonds is 8. The molecule has 0 aliphatic rings. The number of ether oxygens (including phenoxy) is 3. The third kappa shape index (κ3) is 6.97. The fourth-order valence-corrected chi connectivity index (χ4v) is 2.74. The Bertz CT molecular complexity index is 1040. The first-order chi connectivity index (χ1) is 14.9. The van der Waals surface area contributed by atoms with Gasteiger partial charge in [-0.15, -0.1) is 0 Å². The molecule has 0 aliphatic carbocycles. The topological polar surface area (TPSA) is 115 Å². The zero-order valence-electron chi connectivity index (χ0n) is 16.8. The van der Waals surface area contributed by atoms with E-state index in [1.807, 2.05) is 6.07 Å². The van der Waals surface area contributed by atoms with Gasteiger partial charge in [-0.1, -0.05) is 15.9 Å². The molecule has 31 heavy (non-hydrogen) atoms. The molecule has 9 heteroatoms. The number of carbonyl (C=O) groups is 3. The monoisotopic (exact) mass is 486 g/mol. The summed E-state index contributed by atoms with van der Waals surface area (Å²) in [6.45, 7) is 1.65. The number of nitrogens with one attached hydrogen (secondary N) is 1. The molecule has 2 aromatic rings. The van der Waals surface area contributed by atoms with Crippen LogP contribution in [0, 0.1) is 11.3 Å². The minimum Gasteiger partial charge on any atom is -0.481 e. The Morgan fingerprint density at radius 2 is 1.87 bits per heavy atom. The molecule has 0 bridgehead atoms. The smallest absolute Gasteiger partial charge is 0.343 e. The van der Waals surface area contributed by atoms with Gasteiger partial charge in [-0.25, -0.2) is 9.59 Å². The number of nitriles is 1. The lowest BCUT2D eigenvalue weighted by atomic mass is 10.1. The molecule has 0 saturated heterocycles. The van der Waals surface area contributed by atoms with Crippen molar-refractivity contribution >= 4 is 45.5 Å². The molecule has 160 valence electrons. The number of esters is 2. The fourth-order valence-electron chi connectivity index (χ4n) is 2.37. The molecule has 0 saturated carbocycles. The normalized spacial score (nSPS) is 10.6. The number of hydrogen-bond donors (Lipinski definition) is 1. The maximum Gasteiger partial charge on any atom is 0.343 e. The van der Waals surface area contributed by atoms with E-state index in [0.29, 0.717) is 27.0 Å². The zero-order chi connectivity index (χ0) is 22.8. The molecule has 0 heterocycles. The first kappa shape index (κ1) is 23.6.